The number of benzene rings is 2. The van der Waals surface area contributed by atoms with Gasteiger partial charge in [0, 0.05) is 48.7 Å². The van der Waals surface area contributed by atoms with Crippen LogP contribution in [-0.4, -0.2) is 47.4 Å². The molecule has 2 aromatic carbocycles. The van der Waals surface area contributed by atoms with Crippen LogP contribution in [0, 0.1) is 17.6 Å². The summed E-state index contributed by atoms with van der Waals surface area (Å²) < 4.78 is 28.2. The number of amides is 1. The lowest BCUT2D eigenvalue weighted by Crippen LogP contribution is -2.43. The van der Waals surface area contributed by atoms with Gasteiger partial charge >= 0.3 is 0 Å². The highest BCUT2D eigenvalue weighted by molar-refractivity contribution is 6.30. The summed E-state index contributed by atoms with van der Waals surface area (Å²) in [5, 5.41) is 0.700. The number of carbonyl (C=O) groups is 1. The fourth-order valence-corrected chi connectivity index (χ4v) is 4.88. The van der Waals surface area contributed by atoms with Gasteiger partial charge in [0.1, 0.15) is 11.6 Å². The van der Waals surface area contributed by atoms with E-state index in [1.807, 2.05) is 29.2 Å². The maximum atomic E-state index is 14.7. The van der Waals surface area contributed by atoms with E-state index in [0.717, 1.165) is 18.1 Å². The average Bonchev–Trinajstić information content (AvgIpc) is 3.20. The molecule has 1 amide bonds. The molecule has 2 aliphatic heterocycles. The Morgan fingerprint density at radius 1 is 1.06 bits per heavy atom. The van der Waals surface area contributed by atoms with E-state index in [9.17, 15) is 13.6 Å². The second kappa shape index (κ2) is 8.95. The van der Waals surface area contributed by atoms with Gasteiger partial charge in [0.05, 0.1) is 5.92 Å². The predicted molar refractivity (Wildman–Crippen MR) is 125 cm³/mol. The molecule has 0 aliphatic carbocycles. The number of hydrogen-bond acceptors (Lipinski definition) is 2. The summed E-state index contributed by atoms with van der Waals surface area (Å²) in [5.41, 5.74) is 2.60. The molecule has 32 heavy (non-hydrogen) atoms. The third-order valence-corrected chi connectivity index (χ3v) is 6.94. The maximum absolute atomic E-state index is 14.7. The molecular weight excluding hydrogens is 430 g/mol. The molecule has 0 radical (unpaired) electrons. The number of halogens is 3. The van der Waals surface area contributed by atoms with E-state index in [0.29, 0.717) is 36.8 Å². The third kappa shape index (κ3) is 4.74. The van der Waals surface area contributed by atoms with Gasteiger partial charge < -0.3 is 4.90 Å². The van der Waals surface area contributed by atoms with E-state index in [1.54, 1.807) is 0 Å². The Morgan fingerprint density at radius 2 is 1.78 bits per heavy atom. The fraction of sp³-hybridized carbons (Fsp3) is 0.423. The van der Waals surface area contributed by atoms with Gasteiger partial charge in [-0.05, 0) is 62.1 Å². The third-order valence-electron chi connectivity index (χ3n) is 6.68. The molecule has 0 saturated carbocycles. The number of carbonyl (C=O) groups excluding carboxylic acids is 1. The van der Waals surface area contributed by atoms with Crippen molar-refractivity contribution in [1.29, 1.82) is 0 Å². The van der Waals surface area contributed by atoms with Gasteiger partial charge in [-0.3, -0.25) is 9.69 Å². The molecule has 0 aromatic heterocycles. The van der Waals surface area contributed by atoms with Gasteiger partial charge in [0.25, 0.3) is 0 Å². The SMILES string of the molecule is CC(C)(C)N1CC(C(=O)N2CC=C(c3ccc(Cl)cc3)CC2)C(c2ccc(F)cc2F)C1. The normalized spacial score (nSPS) is 22.2. The van der Waals surface area contributed by atoms with Gasteiger partial charge in [0.2, 0.25) is 5.91 Å². The first-order chi connectivity index (χ1) is 15.1. The molecule has 2 unspecified atom stereocenters. The number of nitrogens with zero attached hydrogens (tertiary/aromatic N) is 2. The van der Waals surface area contributed by atoms with Gasteiger partial charge in [-0.15, -0.1) is 0 Å². The van der Waals surface area contributed by atoms with Crippen molar-refractivity contribution in [1.82, 2.24) is 9.80 Å². The zero-order chi connectivity index (χ0) is 23.0. The molecule has 1 saturated heterocycles. The van der Waals surface area contributed by atoms with Crippen molar-refractivity contribution in [3.63, 3.8) is 0 Å². The summed E-state index contributed by atoms with van der Waals surface area (Å²) in [5.74, 6) is -1.80. The molecule has 2 aliphatic rings. The first-order valence-corrected chi connectivity index (χ1v) is 11.4. The minimum absolute atomic E-state index is 0.0388. The molecule has 1 fully saturated rings. The van der Waals surface area contributed by atoms with Crippen molar-refractivity contribution in [2.24, 2.45) is 5.92 Å². The van der Waals surface area contributed by atoms with E-state index < -0.39 is 11.6 Å². The molecule has 4 rings (SSSR count). The highest BCUT2D eigenvalue weighted by atomic mass is 35.5. The highest BCUT2D eigenvalue weighted by Crippen LogP contribution is 2.39. The summed E-state index contributed by atoms with van der Waals surface area (Å²) in [6.45, 7) is 8.58. The quantitative estimate of drug-likeness (QED) is 0.584. The van der Waals surface area contributed by atoms with Crippen LogP contribution in [-0.2, 0) is 4.79 Å². The minimum Gasteiger partial charge on any atom is -0.338 e. The van der Waals surface area contributed by atoms with Crippen molar-refractivity contribution < 1.29 is 13.6 Å². The molecule has 3 nitrogen and oxygen atoms in total. The van der Waals surface area contributed by atoms with Gasteiger partial charge in [-0.25, -0.2) is 8.78 Å². The van der Waals surface area contributed by atoms with E-state index in [-0.39, 0.29) is 23.3 Å². The molecule has 2 atom stereocenters. The fourth-order valence-electron chi connectivity index (χ4n) is 4.75. The Kier molecular flexibility index (Phi) is 6.42. The molecule has 0 N–H and O–H groups in total. The van der Waals surface area contributed by atoms with E-state index in [4.69, 9.17) is 11.6 Å². The number of likely N-dealkylation sites (tertiary alicyclic amines) is 1. The smallest absolute Gasteiger partial charge is 0.227 e. The van der Waals surface area contributed by atoms with Crippen LogP contribution in [0.15, 0.2) is 48.5 Å². The second-order valence-electron chi connectivity index (χ2n) is 9.73. The summed E-state index contributed by atoms with van der Waals surface area (Å²) in [6.07, 6.45) is 2.85. The maximum Gasteiger partial charge on any atom is 0.227 e. The largest absolute Gasteiger partial charge is 0.338 e. The van der Waals surface area contributed by atoms with Crippen LogP contribution in [0.3, 0.4) is 0 Å². The Labute approximate surface area is 193 Å². The van der Waals surface area contributed by atoms with Crippen LogP contribution in [0.25, 0.3) is 5.57 Å². The Bertz CT molecular complexity index is 1030. The van der Waals surface area contributed by atoms with E-state index in [1.165, 1.54) is 17.7 Å². The molecule has 6 heteroatoms. The topological polar surface area (TPSA) is 23.6 Å². The summed E-state index contributed by atoms with van der Waals surface area (Å²) in [7, 11) is 0. The summed E-state index contributed by atoms with van der Waals surface area (Å²) in [4.78, 5) is 17.7. The number of hydrogen-bond donors (Lipinski definition) is 0. The van der Waals surface area contributed by atoms with Crippen molar-refractivity contribution in [2.75, 3.05) is 26.2 Å². The zero-order valence-corrected chi connectivity index (χ0v) is 19.5. The van der Waals surface area contributed by atoms with Crippen LogP contribution in [0.1, 0.15) is 44.2 Å². The Hall–Kier alpha value is -2.24. The lowest BCUT2D eigenvalue weighted by Gasteiger charge is -2.32. The molecule has 2 aromatic rings. The zero-order valence-electron chi connectivity index (χ0n) is 18.7. The molecule has 170 valence electrons. The average molecular weight is 459 g/mol. The molecular formula is C26H29ClF2N2O. The standard InChI is InChI=1S/C26H29ClF2N2O/c1-26(2,3)31-15-22(21-9-8-20(28)14-24(21)29)23(16-31)25(32)30-12-10-18(11-13-30)17-4-6-19(27)7-5-17/h4-10,14,22-23H,11-13,15-16H2,1-3H3. The monoisotopic (exact) mass is 458 g/mol. The van der Waals surface area contributed by atoms with E-state index >= 15 is 0 Å². The lowest BCUT2D eigenvalue weighted by molar-refractivity contribution is -0.135. The van der Waals surface area contributed by atoms with Gasteiger partial charge in [0.15, 0.2) is 0 Å². The first-order valence-electron chi connectivity index (χ1n) is 11.1. The van der Waals surface area contributed by atoms with Crippen molar-refractivity contribution in [3.8, 4) is 0 Å². The lowest BCUT2D eigenvalue weighted by atomic mass is 9.87. The summed E-state index contributed by atoms with van der Waals surface area (Å²) in [6, 6.07) is 11.4. The van der Waals surface area contributed by atoms with Crippen molar-refractivity contribution >= 4 is 23.1 Å². The predicted octanol–water partition coefficient (Wildman–Crippen LogP) is 5.75. The second-order valence-corrected chi connectivity index (χ2v) is 10.2. The van der Waals surface area contributed by atoms with Crippen molar-refractivity contribution in [3.05, 3.63) is 76.3 Å². The minimum atomic E-state index is -0.601. The van der Waals surface area contributed by atoms with Crippen LogP contribution in [0.2, 0.25) is 5.02 Å². The van der Waals surface area contributed by atoms with Crippen LogP contribution < -0.4 is 0 Å². The molecule has 2 heterocycles. The number of rotatable bonds is 3. The molecule has 0 spiro atoms. The highest BCUT2D eigenvalue weighted by Gasteiger charge is 2.44. The van der Waals surface area contributed by atoms with E-state index in [2.05, 4.69) is 31.7 Å². The molecule has 0 bridgehead atoms. The van der Waals surface area contributed by atoms with Crippen molar-refractivity contribution in [2.45, 2.75) is 38.6 Å². The summed E-state index contributed by atoms with van der Waals surface area (Å²) >= 11 is 5.99. The van der Waals surface area contributed by atoms with Gasteiger partial charge in [-0.2, -0.15) is 0 Å². The Balaban J connectivity index is 1.55. The van der Waals surface area contributed by atoms with Crippen LogP contribution in [0.4, 0.5) is 8.78 Å². The first kappa shape index (κ1) is 22.9. The van der Waals surface area contributed by atoms with Crippen LogP contribution >= 0.6 is 11.6 Å². The van der Waals surface area contributed by atoms with Gasteiger partial charge in [-0.1, -0.05) is 35.9 Å². The van der Waals surface area contributed by atoms with Crippen LogP contribution in [0.5, 0.6) is 0 Å². The Morgan fingerprint density at radius 3 is 2.38 bits per heavy atom.